The maximum atomic E-state index is 9.56. The molecule has 2 aromatic rings. The predicted molar refractivity (Wildman–Crippen MR) is 73.9 cm³/mol. The molecule has 1 nitrogen and oxygen atoms in total. The average Bonchev–Trinajstić information content (AvgIpc) is 2.40. The molecule has 0 spiro atoms. The molecule has 0 bridgehead atoms. The lowest BCUT2D eigenvalue weighted by atomic mass is 9.79. The van der Waals surface area contributed by atoms with Crippen molar-refractivity contribution in [2.24, 2.45) is 0 Å². The zero-order valence-electron chi connectivity index (χ0n) is 10.5. The molecule has 1 atom stereocenters. The summed E-state index contributed by atoms with van der Waals surface area (Å²) >= 11 is 0. The van der Waals surface area contributed by atoms with Crippen molar-refractivity contribution < 1.29 is 5.11 Å². The van der Waals surface area contributed by atoms with Gasteiger partial charge in [-0.25, -0.2) is 0 Å². The first-order chi connectivity index (χ1) is 8.83. The number of benzene rings is 2. The van der Waals surface area contributed by atoms with Gasteiger partial charge in [0.05, 0.1) is 0 Å². The van der Waals surface area contributed by atoms with Gasteiger partial charge in [-0.05, 0) is 60.4 Å². The first-order valence-electron chi connectivity index (χ1n) is 6.68. The van der Waals surface area contributed by atoms with E-state index in [9.17, 15) is 5.11 Å². The molecule has 2 aromatic carbocycles. The van der Waals surface area contributed by atoms with E-state index in [-0.39, 0.29) is 0 Å². The fourth-order valence-corrected chi connectivity index (χ4v) is 3.01. The summed E-state index contributed by atoms with van der Waals surface area (Å²) in [7, 11) is 0. The molecule has 0 heterocycles. The van der Waals surface area contributed by atoms with Crippen molar-refractivity contribution in [2.45, 2.75) is 31.6 Å². The van der Waals surface area contributed by atoms with Crippen molar-refractivity contribution >= 4 is 0 Å². The molecule has 0 aliphatic heterocycles. The number of phenols is 1. The molecule has 0 fully saturated rings. The zero-order valence-corrected chi connectivity index (χ0v) is 10.5. The largest absolute Gasteiger partial charge is 0.508 e. The Bertz CT molecular complexity index is 531. The van der Waals surface area contributed by atoms with Crippen molar-refractivity contribution in [1.82, 2.24) is 0 Å². The van der Waals surface area contributed by atoms with Crippen LogP contribution in [0.1, 0.15) is 35.4 Å². The second kappa shape index (κ2) is 4.85. The van der Waals surface area contributed by atoms with Gasteiger partial charge in [0.25, 0.3) is 0 Å². The van der Waals surface area contributed by atoms with Crippen LogP contribution < -0.4 is 0 Å². The average molecular weight is 238 g/mol. The van der Waals surface area contributed by atoms with Gasteiger partial charge in [-0.15, -0.1) is 0 Å². The number of hydrogen-bond donors (Lipinski definition) is 1. The number of aromatic hydroxyl groups is 1. The van der Waals surface area contributed by atoms with Crippen LogP contribution in [0, 0.1) is 0 Å². The first kappa shape index (κ1) is 11.3. The standard InChI is InChI=1S/C17H18O/c18-16-9-10-17-14(7-4-8-15(17)12-16)11-13-5-2-1-3-6-13/h1-3,5-6,9-10,12,14,18H,4,7-8,11H2/t14-/m1/s1. The Kier molecular flexibility index (Phi) is 3.06. The Morgan fingerprint density at radius 1 is 1.06 bits per heavy atom. The molecule has 1 aliphatic rings. The van der Waals surface area contributed by atoms with E-state index in [2.05, 4.69) is 36.4 Å². The Balaban J connectivity index is 1.87. The third kappa shape index (κ3) is 2.26. The lowest BCUT2D eigenvalue weighted by Gasteiger charge is -2.25. The number of hydrogen-bond acceptors (Lipinski definition) is 1. The van der Waals surface area contributed by atoms with Crippen LogP contribution in [0.25, 0.3) is 0 Å². The van der Waals surface area contributed by atoms with Crippen LogP contribution in [0.15, 0.2) is 48.5 Å². The minimum atomic E-state index is 0.397. The molecule has 0 saturated heterocycles. The Labute approximate surface area is 108 Å². The molecular weight excluding hydrogens is 220 g/mol. The van der Waals surface area contributed by atoms with Crippen molar-refractivity contribution in [3.63, 3.8) is 0 Å². The topological polar surface area (TPSA) is 20.2 Å². The van der Waals surface area contributed by atoms with Gasteiger partial charge in [-0.2, -0.15) is 0 Å². The number of fused-ring (bicyclic) bond motifs is 1. The maximum Gasteiger partial charge on any atom is 0.115 e. The van der Waals surface area contributed by atoms with Gasteiger partial charge in [0.1, 0.15) is 5.75 Å². The molecule has 0 amide bonds. The molecule has 1 aliphatic carbocycles. The summed E-state index contributed by atoms with van der Waals surface area (Å²) in [5.41, 5.74) is 4.17. The summed E-state index contributed by atoms with van der Waals surface area (Å²) in [6.45, 7) is 0. The Hall–Kier alpha value is -1.76. The molecule has 3 rings (SSSR count). The number of aryl methyl sites for hydroxylation is 1. The Morgan fingerprint density at radius 3 is 2.72 bits per heavy atom. The summed E-state index contributed by atoms with van der Waals surface area (Å²) in [6.07, 6.45) is 4.70. The normalized spacial score (nSPS) is 18.3. The SMILES string of the molecule is Oc1ccc2c(c1)CCC[C@@H]2Cc1ccccc1. The summed E-state index contributed by atoms with van der Waals surface area (Å²) < 4.78 is 0. The molecule has 0 aromatic heterocycles. The minimum absolute atomic E-state index is 0.397. The van der Waals surface area contributed by atoms with Gasteiger partial charge < -0.3 is 5.11 Å². The first-order valence-corrected chi connectivity index (χ1v) is 6.68. The second-order valence-corrected chi connectivity index (χ2v) is 5.16. The third-order valence-corrected chi connectivity index (χ3v) is 3.89. The highest BCUT2D eigenvalue weighted by Gasteiger charge is 2.20. The monoisotopic (exact) mass is 238 g/mol. The van der Waals surface area contributed by atoms with Gasteiger partial charge in [0, 0.05) is 0 Å². The zero-order chi connectivity index (χ0) is 12.4. The van der Waals surface area contributed by atoms with Crippen molar-refractivity contribution in [2.75, 3.05) is 0 Å². The van der Waals surface area contributed by atoms with Crippen LogP contribution in [0.4, 0.5) is 0 Å². The molecule has 0 unspecified atom stereocenters. The summed E-state index contributed by atoms with van der Waals surface area (Å²) in [5, 5.41) is 9.56. The molecule has 0 radical (unpaired) electrons. The number of phenolic OH excluding ortho intramolecular Hbond substituents is 1. The third-order valence-electron chi connectivity index (χ3n) is 3.89. The van der Waals surface area contributed by atoms with Gasteiger partial charge in [0.15, 0.2) is 0 Å². The van der Waals surface area contributed by atoms with E-state index in [4.69, 9.17) is 0 Å². The fraction of sp³-hybridized carbons (Fsp3) is 0.294. The molecule has 1 heteroatoms. The van der Waals surface area contributed by atoms with Crippen molar-refractivity contribution in [3.8, 4) is 5.75 Å². The minimum Gasteiger partial charge on any atom is -0.508 e. The van der Waals surface area contributed by atoms with Crippen LogP contribution in [0.3, 0.4) is 0 Å². The van der Waals surface area contributed by atoms with Crippen LogP contribution in [-0.4, -0.2) is 5.11 Å². The molecule has 1 N–H and O–H groups in total. The fourth-order valence-electron chi connectivity index (χ4n) is 3.01. The van der Waals surface area contributed by atoms with E-state index in [1.54, 1.807) is 0 Å². The highest BCUT2D eigenvalue weighted by molar-refractivity contribution is 5.39. The maximum absolute atomic E-state index is 9.56. The second-order valence-electron chi connectivity index (χ2n) is 5.16. The highest BCUT2D eigenvalue weighted by atomic mass is 16.3. The van der Waals surface area contributed by atoms with Crippen molar-refractivity contribution in [3.05, 3.63) is 65.2 Å². The quantitative estimate of drug-likeness (QED) is 0.836. The van der Waals surface area contributed by atoms with E-state index in [1.807, 2.05) is 12.1 Å². The predicted octanol–water partition coefficient (Wildman–Crippen LogP) is 4.05. The van der Waals surface area contributed by atoms with Crippen molar-refractivity contribution in [1.29, 1.82) is 0 Å². The van der Waals surface area contributed by atoms with Crippen LogP contribution in [0.2, 0.25) is 0 Å². The molecule has 92 valence electrons. The molecule has 18 heavy (non-hydrogen) atoms. The van der Waals surface area contributed by atoms with Crippen LogP contribution >= 0.6 is 0 Å². The van der Waals surface area contributed by atoms with Gasteiger partial charge in [0.2, 0.25) is 0 Å². The summed E-state index contributed by atoms with van der Waals surface area (Å²) in [6, 6.07) is 16.6. The van der Waals surface area contributed by atoms with E-state index in [0.717, 1.165) is 12.8 Å². The van der Waals surface area contributed by atoms with Crippen LogP contribution in [-0.2, 0) is 12.8 Å². The van der Waals surface area contributed by atoms with Gasteiger partial charge in [-0.1, -0.05) is 36.4 Å². The van der Waals surface area contributed by atoms with Gasteiger partial charge >= 0.3 is 0 Å². The highest BCUT2D eigenvalue weighted by Crippen LogP contribution is 2.35. The summed E-state index contributed by atoms with van der Waals surface area (Å²) in [4.78, 5) is 0. The molecular formula is C17H18O. The number of rotatable bonds is 2. The van der Waals surface area contributed by atoms with E-state index >= 15 is 0 Å². The lowest BCUT2D eigenvalue weighted by molar-refractivity contribution is 0.471. The van der Waals surface area contributed by atoms with Crippen LogP contribution in [0.5, 0.6) is 5.75 Å². The molecule has 0 saturated carbocycles. The summed E-state index contributed by atoms with van der Waals surface area (Å²) in [5.74, 6) is 1.01. The van der Waals surface area contributed by atoms with E-state index < -0.39 is 0 Å². The lowest BCUT2D eigenvalue weighted by Crippen LogP contribution is -2.11. The van der Waals surface area contributed by atoms with E-state index in [1.165, 1.54) is 29.5 Å². The van der Waals surface area contributed by atoms with E-state index in [0.29, 0.717) is 11.7 Å². The Morgan fingerprint density at radius 2 is 1.89 bits per heavy atom. The smallest absolute Gasteiger partial charge is 0.115 e. The van der Waals surface area contributed by atoms with Gasteiger partial charge in [-0.3, -0.25) is 0 Å².